The van der Waals surface area contributed by atoms with Gasteiger partial charge in [0.05, 0.1) is 5.52 Å². The maximum absolute atomic E-state index is 13.5. The highest BCUT2D eigenvalue weighted by atomic mass is 19.1. The van der Waals surface area contributed by atoms with Crippen LogP contribution in [0.4, 0.5) is 4.39 Å². The number of rotatable bonds is 5. The first-order chi connectivity index (χ1) is 16.2. The summed E-state index contributed by atoms with van der Waals surface area (Å²) in [5.41, 5.74) is 1.40. The highest BCUT2D eigenvalue weighted by molar-refractivity contribution is 5.99. The van der Waals surface area contributed by atoms with E-state index >= 15 is 0 Å². The normalized spacial score (nSPS) is 17.4. The Morgan fingerprint density at radius 2 is 1.79 bits per heavy atom. The zero-order valence-electron chi connectivity index (χ0n) is 19.9. The van der Waals surface area contributed by atoms with Crippen molar-refractivity contribution < 1.29 is 14.0 Å². The molecule has 1 unspecified atom stereocenters. The number of carbonyl (C=O) groups excluding carboxylic acids is 2. The monoisotopic (exact) mass is 462 g/mol. The maximum Gasteiger partial charge on any atom is 0.252 e. The summed E-state index contributed by atoms with van der Waals surface area (Å²) in [6.07, 6.45) is 2.62. The molecule has 0 saturated carbocycles. The molecular formula is C27H31FN4O2. The molecule has 1 aliphatic heterocycles. The molecule has 0 spiro atoms. The van der Waals surface area contributed by atoms with Crippen molar-refractivity contribution in [2.24, 2.45) is 5.92 Å². The number of halogens is 1. The van der Waals surface area contributed by atoms with Crippen LogP contribution in [0.25, 0.3) is 10.9 Å². The van der Waals surface area contributed by atoms with Gasteiger partial charge in [0.2, 0.25) is 5.91 Å². The molecule has 2 aromatic carbocycles. The van der Waals surface area contributed by atoms with Gasteiger partial charge < -0.3 is 15.1 Å². The fraction of sp³-hybridized carbons (Fsp3) is 0.370. The third-order valence-electron chi connectivity index (χ3n) is 6.38. The smallest absolute Gasteiger partial charge is 0.252 e. The van der Waals surface area contributed by atoms with Crippen molar-refractivity contribution in [3.63, 3.8) is 0 Å². The number of nitrogens with zero attached hydrogens (tertiary/aromatic N) is 3. The number of fused-ring (bicyclic) bond motifs is 1. The number of para-hydroxylation sites is 1. The molecule has 3 aromatic rings. The van der Waals surface area contributed by atoms with E-state index in [9.17, 15) is 14.0 Å². The minimum atomic E-state index is -1.10. The van der Waals surface area contributed by atoms with Gasteiger partial charge >= 0.3 is 0 Å². The molecule has 1 saturated heterocycles. The summed E-state index contributed by atoms with van der Waals surface area (Å²) < 4.78 is 13.2. The SMILES string of the molecule is CN1CCN(C(=O)C(C)(C)NC(=O)c2ccc(F)cc2)CC(Cc2cccc3cccnc23)C1. The third kappa shape index (κ3) is 5.42. The number of likely N-dealkylation sites (N-methyl/N-ethyl adjacent to an activating group) is 1. The molecule has 1 atom stereocenters. The molecule has 0 bridgehead atoms. The zero-order chi connectivity index (χ0) is 24.3. The molecule has 2 amide bonds. The van der Waals surface area contributed by atoms with Gasteiger partial charge in [0, 0.05) is 43.3 Å². The van der Waals surface area contributed by atoms with Crippen molar-refractivity contribution in [2.45, 2.75) is 25.8 Å². The Hall–Kier alpha value is -3.32. The highest BCUT2D eigenvalue weighted by Gasteiger charge is 2.36. The van der Waals surface area contributed by atoms with Crippen LogP contribution in [0.5, 0.6) is 0 Å². The quantitative estimate of drug-likeness (QED) is 0.630. The fourth-order valence-electron chi connectivity index (χ4n) is 4.65. The van der Waals surface area contributed by atoms with E-state index < -0.39 is 17.3 Å². The Bertz CT molecular complexity index is 1170. The van der Waals surface area contributed by atoms with E-state index in [-0.39, 0.29) is 11.8 Å². The average Bonchev–Trinajstić information content (AvgIpc) is 2.99. The lowest BCUT2D eigenvalue weighted by molar-refractivity contribution is -0.137. The number of aromatic nitrogens is 1. The Morgan fingerprint density at radius 3 is 2.56 bits per heavy atom. The summed E-state index contributed by atoms with van der Waals surface area (Å²) in [6.45, 7) is 6.26. The highest BCUT2D eigenvalue weighted by Crippen LogP contribution is 2.22. The van der Waals surface area contributed by atoms with Gasteiger partial charge in [-0.1, -0.05) is 24.3 Å². The molecule has 178 valence electrons. The van der Waals surface area contributed by atoms with E-state index in [1.165, 1.54) is 29.8 Å². The van der Waals surface area contributed by atoms with Crippen LogP contribution < -0.4 is 5.32 Å². The van der Waals surface area contributed by atoms with Crippen LogP contribution in [0.15, 0.2) is 60.8 Å². The van der Waals surface area contributed by atoms with Crippen LogP contribution in [0.3, 0.4) is 0 Å². The lowest BCUT2D eigenvalue weighted by Crippen LogP contribution is -2.57. The minimum absolute atomic E-state index is 0.126. The summed E-state index contributed by atoms with van der Waals surface area (Å²) in [5, 5.41) is 3.94. The van der Waals surface area contributed by atoms with Crippen molar-refractivity contribution in [3.8, 4) is 0 Å². The standard InChI is InChI=1S/C27H31FN4O2/c1-27(2,30-25(33)21-9-11-23(28)12-10-21)26(34)32-15-14-31(3)17-19(18-32)16-22-7-4-6-20-8-5-13-29-24(20)22/h4-13,19H,14-18H2,1-3H3,(H,30,33). The number of hydrogen-bond acceptors (Lipinski definition) is 4. The Labute approximate surface area is 199 Å². The van der Waals surface area contributed by atoms with Gasteiger partial charge in [-0.05, 0) is 69.1 Å². The van der Waals surface area contributed by atoms with Gasteiger partial charge in [-0.3, -0.25) is 14.6 Å². The summed E-state index contributed by atoms with van der Waals surface area (Å²) >= 11 is 0. The second-order valence-corrected chi connectivity index (χ2v) is 9.66. The van der Waals surface area contributed by atoms with Gasteiger partial charge in [0.25, 0.3) is 5.91 Å². The average molecular weight is 463 g/mol. The van der Waals surface area contributed by atoms with Gasteiger partial charge in [0.1, 0.15) is 11.4 Å². The molecule has 6 nitrogen and oxygen atoms in total. The predicted molar refractivity (Wildman–Crippen MR) is 131 cm³/mol. The number of nitrogens with one attached hydrogen (secondary N) is 1. The third-order valence-corrected chi connectivity index (χ3v) is 6.38. The van der Waals surface area contributed by atoms with Crippen molar-refractivity contribution >= 4 is 22.7 Å². The number of amides is 2. The van der Waals surface area contributed by atoms with E-state index in [0.717, 1.165) is 30.4 Å². The summed E-state index contributed by atoms with van der Waals surface area (Å²) in [5.74, 6) is -0.705. The maximum atomic E-state index is 13.5. The lowest BCUT2D eigenvalue weighted by Gasteiger charge is -2.33. The summed E-state index contributed by atoms with van der Waals surface area (Å²) in [6, 6.07) is 15.5. The van der Waals surface area contributed by atoms with Crippen LogP contribution >= 0.6 is 0 Å². The molecule has 1 aliphatic rings. The van der Waals surface area contributed by atoms with E-state index in [1.807, 2.05) is 17.2 Å². The van der Waals surface area contributed by atoms with Gasteiger partial charge in [-0.15, -0.1) is 0 Å². The van der Waals surface area contributed by atoms with Gasteiger partial charge in [0.15, 0.2) is 0 Å². The van der Waals surface area contributed by atoms with Gasteiger partial charge in [-0.2, -0.15) is 0 Å². The van der Waals surface area contributed by atoms with E-state index in [1.54, 1.807) is 13.8 Å². The molecular weight excluding hydrogens is 431 g/mol. The van der Waals surface area contributed by atoms with Crippen LogP contribution in [0, 0.1) is 11.7 Å². The van der Waals surface area contributed by atoms with E-state index in [2.05, 4.69) is 46.5 Å². The number of benzene rings is 2. The molecule has 7 heteroatoms. The van der Waals surface area contributed by atoms with Crippen LogP contribution in [0.2, 0.25) is 0 Å². The first-order valence-corrected chi connectivity index (χ1v) is 11.6. The predicted octanol–water partition coefficient (Wildman–Crippen LogP) is 3.52. The Kier molecular flexibility index (Phi) is 6.93. The first kappa shape index (κ1) is 23.8. The Balaban J connectivity index is 1.49. The minimum Gasteiger partial charge on any atom is -0.339 e. The van der Waals surface area contributed by atoms with Crippen molar-refractivity contribution in [2.75, 3.05) is 33.2 Å². The molecule has 4 rings (SSSR count). The van der Waals surface area contributed by atoms with Crippen molar-refractivity contribution in [1.82, 2.24) is 20.1 Å². The van der Waals surface area contributed by atoms with Crippen molar-refractivity contribution in [3.05, 3.63) is 77.7 Å². The van der Waals surface area contributed by atoms with Crippen LogP contribution in [-0.4, -0.2) is 65.4 Å². The summed E-state index contributed by atoms with van der Waals surface area (Å²) in [7, 11) is 2.07. The molecule has 1 fully saturated rings. The van der Waals surface area contributed by atoms with Crippen molar-refractivity contribution in [1.29, 1.82) is 0 Å². The Morgan fingerprint density at radius 1 is 1.06 bits per heavy atom. The number of carbonyl (C=O) groups is 2. The second-order valence-electron chi connectivity index (χ2n) is 9.66. The molecule has 1 aromatic heterocycles. The van der Waals surface area contributed by atoms with Crippen LogP contribution in [-0.2, 0) is 11.2 Å². The summed E-state index contributed by atoms with van der Waals surface area (Å²) in [4.78, 5) is 34.9. The topological polar surface area (TPSA) is 65.5 Å². The molecule has 0 radical (unpaired) electrons. The van der Waals surface area contributed by atoms with E-state index in [4.69, 9.17) is 0 Å². The molecule has 1 N–H and O–H groups in total. The fourth-order valence-corrected chi connectivity index (χ4v) is 4.65. The number of hydrogen-bond donors (Lipinski definition) is 1. The molecule has 34 heavy (non-hydrogen) atoms. The molecule has 2 heterocycles. The lowest BCUT2D eigenvalue weighted by atomic mass is 9.95. The van der Waals surface area contributed by atoms with E-state index in [0.29, 0.717) is 18.7 Å². The van der Waals surface area contributed by atoms with Gasteiger partial charge in [-0.25, -0.2) is 4.39 Å². The second kappa shape index (κ2) is 9.89. The molecule has 0 aliphatic carbocycles. The largest absolute Gasteiger partial charge is 0.339 e. The zero-order valence-corrected chi connectivity index (χ0v) is 19.9. The van der Waals surface area contributed by atoms with Crippen LogP contribution in [0.1, 0.15) is 29.8 Å². The number of pyridine rings is 1. The first-order valence-electron chi connectivity index (χ1n) is 11.6.